The van der Waals surface area contributed by atoms with Gasteiger partial charge in [0.15, 0.2) is 17.3 Å². The summed E-state index contributed by atoms with van der Waals surface area (Å²) < 4.78 is 26.4. The van der Waals surface area contributed by atoms with E-state index in [0.717, 1.165) is 16.9 Å². The summed E-state index contributed by atoms with van der Waals surface area (Å²) in [5.41, 5.74) is 2.21. The molecular formula is C23H24N2O6. The van der Waals surface area contributed by atoms with Crippen LogP contribution in [-0.2, 0) is 11.3 Å². The van der Waals surface area contributed by atoms with Gasteiger partial charge in [-0.2, -0.15) is 0 Å². The number of hydrogen-bond acceptors (Lipinski definition) is 7. The van der Waals surface area contributed by atoms with E-state index in [1.165, 1.54) is 27.4 Å². The van der Waals surface area contributed by atoms with E-state index in [1.54, 1.807) is 31.4 Å². The maximum absolute atomic E-state index is 12.2. The molecule has 1 N–H and O–H groups in total. The van der Waals surface area contributed by atoms with Gasteiger partial charge in [0.1, 0.15) is 11.4 Å². The molecule has 31 heavy (non-hydrogen) atoms. The van der Waals surface area contributed by atoms with Crippen LogP contribution in [-0.4, -0.2) is 39.5 Å². The maximum Gasteiger partial charge on any atom is 0.244 e. The summed E-state index contributed by atoms with van der Waals surface area (Å²) >= 11 is 0. The zero-order valence-corrected chi connectivity index (χ0v) is 17.8. The minimum atomic E-state index is -0.275. The quantitative estimate of drug-likeness (QED) is 0.524. The SMILES string of the molecule is COc1ccc(-c2cc(CNC(=O)C=Cc3cc(OC)c(OC)c(OC)c3)no2)cc1. The van der Waals surface area contributed by atoms with Crippen molar-refractivity contribution < 1.29 is 28.3 Å². The molecule has 0 spiro atoms. The van der Waals surface area contributed by atoms with E-state index in [2.05, 4.69) is 10.5 Å². The summed E-state index contributed by atoms with van der Waals surface area (Å²) in [5, 5.41) is 6.77. The van der Waals surface area contributed by atoms with Gasteiger partial charge in [-0.15, -0.1) is 0 Å². The molecule has 0 fully saturated rings. The van der Waals surface area contributed by atoms with Gasteiger partial charge in [0, 0.05) is 17.7 Å². The van der Waals surface area contributed by atoms with Gasteiger partial charge >= 0.3 is 0 Å². The Morgan fingerprint density at radius 1 is 0.968 bits per heavy atom. The predicted octanol–water partition coefficient (Wildman–Crippen LogP) is 3.71. The molecule has 8 heteroatoms. The molecule has 162 valence electrons. The molecule has 0 radical (unpaired) electrons. The second-order valence-corrected chi connectivity index (χ2v) is 6.42. The molecule has 0 aliphatic carbocycles. The monoisotopic (exact) mass is 424 g/mol. The van der Waals surface area contributed by atoms with E-state index in [4.69, 9.17) is 23.5 Å². The van der Waals surface area contributed by atoms with E-state index < -0.39 is 0 Å². The number of methoxy groups -OCH3 is 4. The number of nitrogens with zero attached hydrogens (tertiary/aromatic N) is 1. The molecule has 3 aromatic rings. The van der Waals surface area contributed by atoms with E-state index in [0.29, 0.717) is 28.7 Å². The van der Waals surface area contributed by atoms with Gasteiger partial charge in [-0.1, -0.05) is 5.16 Å². The van der Waals surface area contributed by atoms with Gasteiger partial charge in [0.05, 0.1) is 35.0 Å². The van der Waals surface area contributed by atoms with Crippen LogP contribution in [0.1, 0.15) is 11.3 Å². The van der Waals surface area contributed by atoms with Gasteiger partial charge in [-0.25, -0.2) is 0 Å². The van der Waals surface area contributed by atoms with Crippen molar-refractivity contribution in [2.24, 2.45) is 0 Å². The highest BCUT2D eigenvalue weighted by atomic mass is 16.5. The lowest BCUT2D eigenvalue weighted by molar-refractivity contribution is -0.116. The van der Waals surface area contributed by atoms with Crippen molar-refractivity contribution in [1.82, 2.24) is 10.5 Å². The lowest BCUT2D eigenvalue weighted by atomic mass is 10.1. The first-order chi connectivity index (χ1) is 15.1. The number of rotatable bonds is 9. The van der Waals surface area contributed by atoms with Crippen LogP contribution < -0.4 is 24.3 Å². The van der Waals surface area contributed by atoms with Crippen LogP contribution in [0, 0.1) is 0 Å². The zero-order chi connectivity index (χ0) is 22.2. The van der Waals surface area contributed by atoms with Crippen LogP contribution in [0.3, 0.4) is 0 Å². The highest BCUT2D eigenvalue weighted by Gasteiger charge is 2.12. The van der Waals surface area contributed by atoms with E-state index in [-0.39, 0.29) is 12.5 Å². The van der Waals surface area contributed by atoms with E-state index >= 15 is 0 Å². The van der Waals surface area contributed by atoms with Crippen molar-refractivity contribution in [1.29, 1.82) is 0 Å². The van der Waals surface area contributed by atoms with Crippen molar-refractivity contribution in [2.75, 3.05) is 28.4 Å². The average molecular weight is 424 g/mol. The smallest absolute Gasteiger partial charge is 0.244 e. The Hall–Kier alpha value is -3.94. The average Bonchev–Trinajstić information content (AvgIpc) is 3.29. The lowest BCUT2D eigenvalue weighted by Gasteiger charge is -2.12. The third-order valence-electron chi connectivity index (χ3n) is 4.49. The number of nitrogens with one attached hydrogen (secondary N) is 1. The first-order valence-electron chi connectivity index (χ1n) is 9.44. The van der Waals surface area contributed by atoms with Gasteiger partial charge in [0.2, 0.25) is 11.7 Å². The van der Waals surface area contributed by atoms with E-state index in [9.17, 15) is 4.79 Å². The summed E-state index contributed by atoms with van der Waals surface area (Å²) in [5.74, 6) is 2.61. The molecule has 0 atom stereocenters. The lowest BCUT2D eigenvalue weighted by Crippen LogP contribution is -2.20. The van der Waals surface area contributed by atoms with Crippen molar-refractivity contribution in [3.05, 3.63) is 59.8 Å². The number of carbonyl (C=O) groups excluding carboxylic acids is 1. The van der Waals surface area contributed by atoms with Gasteiger partial charge < -0.3 is 28.8 Å². The fraction of sp³-hybridized carbons (Fsp3) is 0.217. The van der Waals surface area contributed by atoms with Gasteiger partial charge in [0.25, 0.3) is 0 Å². The molecule has 0 saturated carbocycles. The Balaban J connectivity index is 1.61. The Bertz CT molecular complexity index is 1030. The zero-order valence-electron chi connectivity index (χ0n) is 17.8. The molecule has 0 saturated heterocycles. The number of carbonyl (C=O) groups is 1. The van der Waals surface area contributed by atoms with Crippen molar-refractivity contribution in [2.45, 2.75) is 6.54 Å². The predicted molar refractivity (Wildman–Crippen MR) is 115 cm³/mol. The Labute approximate surface area is 180 Å². The van der Waals surface area contributed by atoms with Crippen molar-refractivity contribution in [3.63, 3.8) is 0 Å². The van der Waals surface area contributed by atoms with Crippen molar-refractivity contribution >= 4 is 12.0 Å². The Kier molecular flexibility index (Phi) is 7.16. The highest BCUT2D eigenvalue weighted by molar-refractivity contribution is 5.91. The summed E-state index contributed by atoms with van der Waals surface area (Å²) in [6, 6.07) is 12.7. The third kappa shape index (κ3) is 5.36. The van der Waals surface area contributed by atoms with Crippen LogP contribution in [0.5, 0.6) is 23.0 Å². The summed E-state index contributed by atoms with van der Waals surface area (Å²) in [4.78, 5) is 12.2. The molecular weight excluding hydrogens is 400 g/mol. The minimum Gasteiger partial charge on any atom is -0.497 e. The molecule has 0 aliphatic heterocycles. The number of hydrogen-bond donors (Lipinski definition) is 1. The molecule has 1 amide bonds. The summed E-state index contributed by atoms with van der Waals surface area (Å²) in [6.45, 7) is 0.234. The largest absolute Gasteiger partial charge is 0.497 e. The topological polar surface area (TPSA) is 92.1 Å². The Morgan fingerprint density at radius 2 is 1.65 bits per heavy atom. The fourth-order valence-corrected chi connectivity index (χ4v) is 2.89. The van der Waals surface area contributed by atoms with Crippen LogP contribution in [0.2, 0.25) is 0 Å². The molecule has 1 aromatic heterocycles. The molecule has 8 nitrogen and oxygen atoms in total. The second kappa shape index (κ2) is 10.2. The number of amides is 1. The minimum absolute atomic E-state index is 0.234. The maximum atomic E-state index is 12.2. The fourth-order valence-electron chi connectivity index (χ4n) is 2.89. The molecule has 1 heterocycles. The van der Waals surface area contributed by atoms with Crippen molar-refractivity contribution in [3.8, 4) is 34.3 Å². The molecule has 0 unspecified atom stereocenters. The second-order valence-electron chi connectivity index (χ2n) is 6.42. The van der Waals surface area contributed by atoms with E-state index in [1.807, 2.05) is 24.3 Å². The molecule has 2 aromatic carbocycles. The number of benzene rings is 2. The van der Waals surface area contributed by atoms with Gasteiger partial charge in [-0.05, 0) is 48.0 Å². The molecule has 3 rings (SSSR count). The van der Waals surface area contributed by atoms with Crippen LogP contribution in [0.15, 0.2) is 53.1 Å². The van der Waals surface area contributed by atoms with Crippen LogP contribution in [0.4, 0.5) is 0 Å². The third-order valence-corrected chi connectivity index (χ3v) is 4.49. The molecule has 0 bridgehead atoms. The van der Waals surface area contributed by atoms with Gasteiger partial charge in [-0.3, -0.25) is 4.79 Å². The molecule has 0 aliphatic rings. The Morgan fingerprint density at radius 3 is 2.23 bits per heavy atom. The standard InChI is InChI=1S/C23H24N2O6/c1-27-18-8-6-16(7-9-18)19-13-17(25-31-19)14-24-22(26)10-5-15-11-20(28-2)23(30-4)21(12-15)29-3/h5-13H,14H2,1-4H3,(H,24,26). The van der Waals surface area contributed by atoms with Crippen LogP contribution >= 0.6 is 0 Å². The summed E-state index contributed by atoms with van der Waals surface area (Å²) in [7, 11) is 6.22. The summed E-state index contributed by atoms with van der Waals surface area (Å²) in [6.07, 6.45) is 3.08. The van der Waals surface area contributed by atoms with Crippen LogP contribution in [0.25, 0.3) is 17.4 Å². The normalized spacial score (nSPS) is 10.7. The number of ether oxygens (including phenoxy) is 4. The number of aromatic nitrogens is 1. The first kappa shape index (κ1) is 21.8. The highest BCUT2D eigenvalue weighted by Crippen LogP contribution is 2.38. The first-order valence-corrected chi connectivity index (χ1v) is 9.44.